The van der Waals surface area contributed by atoms with Crippen molar-refractivity contribution in [3.63, 3.8) is 0 Å². The zero-order valence-corrected chi connectivity index (χ0v) is 4.45. The highest BCUT2D eigenvalue weighted by Gasteiger charge is 1.74. The number of hydrogen-bond donors (Lipinski definition) is 0. The molecule has 0 atom stereocenters. The Bertz CT molecular complexity index is 119. The van der Waals surface area contributed by atoms with Gasteiger partial charge < -0.3 is 4.74 Å². The smallest absolute Gasteiger partial charge is 0.107 e. The monoisotopic (exact) mass is 109 g/mol. The fourth-order valence-electron chi connectivity index (χ4n) is 0.405. The lowest BCUT2D eigenvalue weighted by atomic mass is 10.6. The second-order valence-electron chi connectivity index (χ2n) is 1.34. The molecule has 2 nitrogen and oxygen atoms in total. The van der Waals surface area contributed by atoms with E-state index in [2.05, 4.69) is 4.99 Å². The Labute approximate surface area is 48.2 Å². The van der Waals surface area contributed by atoms with Crippen LogP contribution in [-0.2, 0) is 4.74 Å². The van der Waals surface area contributed by atoms with E-state index in [0.717, 1.165) is 0 Å². The first kappa shape index (κ1) is 5.09. The highest BCUT2D eigenvalue weighted by Crippen LogP contribution is 1.83. The van der Waals surface area contributed by atoms with E-state index in [-0.39, 0.29) is 0 Å². The summed E-state index contributed by atoms with van der Waals surface area (Å²) in [6.07, 6.45) is 8.61. The van der Waals surface area contributed by atoms with Crippen molar-refractivity contribution in [2.24, 2.45) is 4.99 Å². The minimum Gasteiger partial charge on any atom is -0.497 e. The van der Waals surface area contributed by atoms with Gasteiger partial charge in [0.25, 0.3) is 0 Å². The first-order valence-corrected chi connectivity index (χ1v) is 2.45. The van der Waals surface area contributed by atoms with Crippen LogP contribution in [-0.4, -0.2) is 12.8 Å². The molecule has 0 saturated heterocycles. The molecule has 0 radical (unpaired) electrons. The van der Waals surface area contributed by atoms with Crippen LogP contribution < -0.4 is 0 Å². The summed E-state index contributed by atoms with van der Waals surface area (Å²) in [4.78, 5) is 3.86. The summed E-state index contributed by atoms with van der Waals surface area (Å²) in [7, 11) is 0. The normalized spacial score (nSPS) is 29.0. The van der Waals surface area contributed by atoms with Gasteiger partial charge in [-0.05, 0) is 12.2 Å². The van der Waals surface area contributed by atoms with Gasteiger partial charge in [0.2, 0.25) is 0 Å². The molecule has 42 valence electrons. The maximum atomic E-state index is 4.92. The second kappa shape index (κ2) is 3.02. The molecule has 0 saturated carbocycles. The van der Waals surface area contributed by atoms with Gasteiger partial charge in [-0.2, -0.15) is 0 Å². The molecule has 8 heavy (non-hydrogen) atoms. The number of allylic oxidation sites excluding steroid dienone is 1. The number of hydrogen-bond acceptors (Lipinski definition) is 2. The van der Waals surface area contributed by atoms with Gasteiger partial charge in [-0.15, -0.1) is 0 Å². The minimum absolute atomic E-state index is 0.619. The first-order valence-electron chi connectivity index (χ1n) is 2.45. The number of rotatable bonds is 0. The van der Waals surface area contributed by atoms with Crippen molar-refractivity contribution in [2.75, 3.05) is 6.61 Å². The Kier molecular flexibility index (Phi) is 1.92. The maximum Gasteiger partial charge on any atom is 0.107 e. The van der Waals surface area contributed by atoms with Crippen molar-refractivity contribution >= 4 is 6.21 Å². The molecule has 1 aliphatic heterocycles. The van der Waals surface area contributed by atoms with E-state index >= 15 is 0 Å². The summed E-state index contributed by atoms with van der Waals surface area (Å²) in [5, 5.41) is 0. The van der Waals surface area contributed by atoms with Gasteiger partial charge in [0.15, 0.2) is 0 Å². The molecule has 1 rings (SSSR count). The van der Waals surface area contributed by atoms with Crippen LogP contribution in [0.2, 0.25) is 0 Å². The molecule has 0 aromatic rings. The van der Waals surface area contributed by atoms with Gasteiger partial charge in [0, 0.05) is 12.4 Å². The lowest BCUT2D eigenvalue weighted by molar-refractivity contribution is 0.290. The van der Waals surface area contributed by atoms with Gasteiger partial charge in [-0.3, -0.25) is 4.99 Å². The van der Waals surface area contributed by atoms with Crippen LogP contribution >= 0.6 is 0 Å². The zero-order chi connectivity index (χ0) is 5.66. The average molecular weight is 109 g/mol. The number of ether oxygens (including phenoxy) is 1. The Morgan fingerprint density at radius 1 is 1.50 bits per heavy atom. The molecule has 0 bridgehead atoms. The second-order valence-corrected chi connectivity index (χ2v) is 1.34. The van der Waals surface area contributed by atoms with E-state index in [9.17, 15) is 0 Å². The predicted molar refractivity (Wildman–Crippen MR) is 32.7 cm³/mol. The minimum atomic E-state index is 0.619. The summed E-state index contributed by atoms with van der Waals surface area (Å²) >= 11 is 0. The van der Waals surface area contributed by atoms with Crippen LogP contribution in [0.4, 0.5) is 0 Å². The summed E-state index contributed by atoms with van der Waals surface area (Å²) in [5.41, 5.74) is 0. The number of nitrogens with zero attached hydrogens (tertiary/aromatic N) is 1. The van der Waals surface area contributed by atoms with Gasteiger partial charge in [-0.25, -0.2) is 0 Å². The summed E-state index contributed by atoms with van der Waals surface area (Å²) in [6.45, 7) is 0.619. The van der Waals surface area contributed by atoms with Gasteiger partial charge in [0.05, 0.1) is 6.26 Å². The van der Waals surface area contributed by atoms with E-state index in [0.29, 0.717) is 6.61 Å². The van der Waals surface area contributed by atoms with E-state index in [4.69, 9.17) is 4.74 Å². The molecule has 1 aliphatic rings. The molecule has 0 aliphatic carbocycles. The van der Waals surface area contributed by atoms with Crippen LogP contribution in [0.3, 0.4) is 0 Å². The van der Waals surface area contributed by atoms with E-state index in [1.165, 1.54) is 0 Å². The van der Waals surface area contributed by atoms with Gasteiger partial charge in [0.1, 0.15) is 6.61 Å². The third kappa shape index (κ3) is 1.60. The average Bonchev–Trinajstić information content (AvgIpc) is 1.62. The van der Waals surface area contributed by atoms with Crippen LogP contribution in [0.5, 0.6) is 0 Å². The Balaban J connectivity index is 2.51. The molecular formula is C6H7NO. The van der Waals surface area contributed by atoms with E-state index in [1.807, 2.05) is 6.08 Å². The topological polar surface area (TPSA) is 21.6 Å². The highest BCUT2D eigenvalue weighted by molar-refractivity contribution is 5.71. The third-order valence-electron chi connectivity index (χ3n) is 0.731. The quantitative estimate of drug-likeness (QED) is 0.456. The van der Waals surface area contributed by atoms with Crippen LogP contribution in [0, 0.1) is 0 Å². The summed E-state index contributed by atoms with van der Waals surface area (Å²) in [6, 6.07) is 0. The Hall–Kier alpha value is -1.05. The van der Waals surface area contributed by atoms with Crippen LogP contribution in [0.25, 0.3) is 0 Å². The third-order valence-corrected chi connectivity index (χ3v) is 0.731. The summed E-state index contributed by atoms with van der Waals surface area (Å²) < 4.78 is 4.92. The molecule has 1 heterocycles. The number of aliphatic imine (C=N–C) groups is 1. The maximum absolute atomic E-state index is 4.92. The largest absolute Gasteiger partial charge is 0.497 e. The standard InChI is InChI=1S/C6H7NO/c1-3-7-4-2-6-8-5-1/h1-5H,6H2/b4-2-,5-1-,7-3-. The van der Waals surface area contributed by atoms with E-state index < -0.39 is 0 Å². The Morgan fingerprint density at radius 3 is 3.50 bits per heavy atom. The predicted octanol–water partition coefficient (Wildman–Crippen LogP) is 1.11. The molecule has 0 aromatic heterocycles. The van der Waals surface area contributed by atoms with Crippen molar-refractivity contribution in [3.8, 4) is 0 Å². The first-order chi connectivity index (χ1) is 4.00. The highest BCUT2D eigenvalue weighted by atomic mass is 16.5. The van der Waals surface area contributed by atoms with Gasteiger partial charge >= 0.3 is 0 Å². The van der Waals surface area contributed by atoms with Crippen LogP contribution in [0.15, 0.2) is 29.6 Å². The van der Waals surface area contributed by atoms with E-state index in [1.54, 1.807) is 24.8 Å². The Morgan fingerprint density at radius 2 is 2.50 bits per heavy atom. The SMILES string of the molecule is C1=C/OC\C=C/N=C\1. The molecule has 2 heteroatoms. The molecule has 0 unspecified atom stereocenters. The molecule has 0 aromatic carbocycles. The van der Waals surface area contributed by atoms with Crippen molar-refractivity contribution < 1.29 is 4.74 Å². The van der Waals surface area contributed by atoms with Crippen molar-refractivity contribution in [1.29, 1.82) is 0 Å². The van der Waals surface area contributed by atoms with Crippen molar-refractivity contribution in [3.05, 3.63) is 24.6 Å². The fourth-order valence-corrected chi connectivity index (χ4v) is 0.405. The molecule has 0 amide bonds. The summed E-state index contributed by atoms with van der Waals surface area (Å²) in [5.74, 6) is 0. The molecule has 0 fully saturated rings. The zero-order valence-electron chi connectivity index (χ0n) is 4.45. The van der Waals surface area contributed by atoms with Crippen LogP contribution in [0.1, 0.15) is 0 Å². The lowest BCUT2D eigenvalue weighted by Gasteiger charge is -1.92. The molecular weight excluding hydrogens is 102 g/mol. The molecule has 0 spiro atoms. The van der Waals surface area contributed by atoms with Crippen molar-refractivity contribution in [1.82, 2.24) is 0 Å². The fraction of sp³-hybridized carbons (Fsp3) is 0.167. The van der Waals surface area contributed by atoms with Gasteiger partial charge in [-0.1, -0.05) is 0 Å². The lowest BCUT2D eigenvalue weighted by Crippen LogP contribution is -1.82. The van der Waals surface area contributed by atoms with Crippen molar-refractivity contribution in [2.45, 2.75) is 0 Å². The molecule has 0 N–H and O–H groups in total.